The molecule has 2 aromatic heterocycles. The second kappa shape index (κ2) is 6.43. The van der Waals surface area contributed by atoms with Crippen molar-refractivity contribution in [2.24, 2.45) is 0 Å². The Kier molecular flexibility index (Phi) is 4.38. The third-order valence-electron chi connectivity index (χ3n) is 3.02. The highest BCUT2D eigenvalue weighted by Gasteiger charge is 2.05. The Morgan fingerprint density at radius 3 is 3.14 bits per heavy atom. The summed E-state index contributed by atoms with van der Waals surface area (Å²) in [5.74, 6) is 1.37. The van der Waals surface area contributed by atoms with Crippen molar-refractivity contribution in [2.75, 3.05) is 7.05 Å². The molecule has 21 heavy (non-hydrogen) atoms. The van der Waals surface area contributed by atoms with Crippen LogP contribution in [0.5, 0.6) is 0 Å². The molecule has 0 fully saturated rings. The second-order valence-electron chi connectivity index (χ2n) is 4.61. The van der Waals surface area contributed by atoms with Gasteiger partial charge in [0.1, 0.15) is 10.5 Å². The normalized spacial score (nSPS) is 11.1. The lowest BCUT2D eigenvalue weighted by Crippen LogP contribution is -2.09. The first-order valence-corrected chi connectivity index (χ1v) is 8.45. The van der Waals surface area contributed by atoms with Crippen LogP contribution in [0.2, 0.25) is 0 Å². The van der Waals surface area contributed by atoms with Crippen LogP contribution >= 0.6 is 23.1 Å². The molecule has 0 saturated heterocycles. The number of aromatic nitrogens is 2. The largest absolute Gasteiger partial charge is 0.316 e. The molecule has 1 aromatic carbocycles. The number of nitrogens with one attached hydrogen (secondary N) is 2. The summed E-state index contributed by atoms with van der Waals surface area (Å²) in [5, 5.41) is 5.04. The van der Waals surface area contributed by atoms with Crippen molar-refractivity contribution in [1.82, 2.24) is 15.3 Å². The van der Waals surface area contributed by atoms with Crippen molar-refractivity contribution in [3.63, 3.8) is 0 Å². The number of hydrogen-bond acceptors (Lipinski definition) is 5. The van der Waals surface area contributed by atoms with Crippen molar-refractivity contribution in [3.8, 4) is 0 Å². The lowest BCUT2D eigenvalue weighted by atomic mass is 10.2. The summed E-state index contributed by atoms with van der Waals surface area (Å²) >= 11 is 3.10. The number of H-pyrrole nitrogens is 1. The molecule has 6 heteroatoms. The van der Waals surface area contributed by atoms with E-state index >= 15 is 0 Å². The SMILES string of the molecule is CNCc1cccc(SCc2nc3ccsc3c(=O)[nH]2)c1. The van der Waals surface area contributed by atoms with Crippen LogP contribution in [0.3, 0.4) is 0 Å². The van der Waals surface area contributed by atoms with E-state index in [2.05, 4.69) is 33.5 Å². The van der Waals surface area contributed by atoms with Gasteiger partial charge in [0.2, 0.25) is 0 Å². The van der Waals surface area contributed by atoms with Crippen molar-refractivity contribution < 1.29 is 0 Å². The Morgan fingerprint density at radius 2 is 2.29 bits per heavy atom. The molecule has 0 saturated carbocycles. The molecule has 2 N–H and O–H groups in total. The molecule has 4 nitrogen and oxygen atoms in total. The Hall–Kier alpha value is -1.63. The smallest absolute Gasteiger partial charge is 0.268 e. The van der Waals surface area contributed by atoms with E-state index in [1.165, 1.54) is 21.8 Å². The molecule has 0 atom stereocenters. The third kappa shape index (κ3) is 3.34. The van der Waals surface area contributed by atoms with Crippen LogP contribution in [0.1, 0.15) is 11.4 Å². The lowest BCUT2D eigenvalue weighted by Gasteiger charge is -2.05. The van der Waals surface area contributed by atoms with Crippen LogP contribution < -0.4 is 10.9 Å². The summed E-state index contributed by atoms with van der Waals surface area (Å²) in [5.41, 5.74) is 1.98. The molecule has 0 amide bonds. The van der Waals surface area contributed by atoms with Crippen LogP contribution in [0.15, 0.2) is 45.4 Å². The highest BCUT2D eigenvalue weighted by Crippen LogP contribution is 2.23. The van der Waals surface area contributed by atoms with Gasteiger partial charge in [0.05, 0.1) is 11.3 Å². The molecular weight excluding hydrogens is 302 g/mol. The molecule has 3 aromatic rings. The Labute approximate surface area is 130 Å². The molecule has 0 spiro atoms. The maximum absolute atomic E-state index is 11.9. The molecule has 108 valence electrons. The van der Waals surface area contributed by atoms with Gasteiger partial charge in [-0.05, 0) is 36.2 Å². The lowest BCUT2D eigenvalue weighted by molar-refractivity contribution is 0.815. The number of thiophene rings is 1. The number of rotatable bonds is 5. The topological polar surface area (TPSA) is 57.8 Å². The van der Waals surface area contributed by atoms with Gasteiger partial charge in [-0.25, -0.2) is 4.98 Å². The summed E-state index contributed by atoms with van der Waals surface area (Å²) in [6, 6.07) is 10.3. The van der Waals surface area contributed by atoms with Crippen LogP contribution in [0, 0.1) is 0 Å². The van der Waals surface area contributed by atoms with Crippen molar-refractivity contribution in [3.05, 3.63) is 57.5 Å². The van der Waals surface area contributed by atoms with Gasteiger partial charge in [-0.3, -0.25) is 4.79 Å². The predicted molar refractivity (Wildman–Crippen MR) is 89.0 cm³/mol. The van der Waals surface area contributed by atoms with Gasteiger partial charge < -0.3 is 10.3 Å². The molecule has 3 rings (SSSR count). The Bertz CT molecular complexity index is 810. The van der Waals surface area contributed by atoms with Crippen LogP contribution in [-0.4, -0.2) is 17.0 Å². The van der Waals surface area contributed by atoms with E-state index in [1.54, 1.807) is 11.8 Å². The maximum atomic E-state index is 11.9. The van der Waals surface area contributed by atoms with E-state index in [1.807, 2.05) is 24.6 Å². The number of fused-ring (bicyclic) bond motifs is 1. The molecular formula is C15H15N3OS2. The number of thioether (sulfide) groups is 1. The number of benzene rings is 1. The van der Waals surface area contributed by atoms with E-state index in [9.17, 15) is 4.79 Å². The minimum Gasteiger partial charge on any atom is -0.316 e. The van der Waals surface area contributed by atoms with E-state index in [0.29, 0.717) is 10.5 Å². The monoisotopic (exact) mass is 317 g/mol. The van der Waals surface area contributed by atoms with Gasteiger partial charge in [0.25, 0.3) is 5.56 Å². The number of hydrogen-bond donors (Lipinski definition) is 2. The number of aromatic amines is 1. The molecule has 0 bridgehead atoms. The third-order valence-corrected chi connectivity index (χ3v) is 4.93. The van der Waals surface area contributed by atoms with E-state index < -0.39 is 0 Å². The summed E-state index contributed by atoms with van der Waals surface area (Å²) in [7, 11) is 1.94. The summed E-state index contributed by atoms with van der Waals surface area (Å²) < 4.78 is 0.694. The fourth-order valence-corrected chi connectivity index (χ4v) is 3.67. The fraction of sp³-hybridized carbons (Fsp3) is 0.200. The van der Waals surface area contributed by atoms with Gasteiger partial charge in [0.15, 0.2) is 0 Å². The zero-order valence-electron chi connectivity index (χ0n) is 11.6. The predicted octanol–water partition coefficient (Wildman–Crippen LogP) is 3.00. The summed E-state index contributed by atoms with van der Waals surface area (Å²) in [6.45, 7) is 0.852. The van der Waals surface area contributed by atoms with Gasteiger partial charge in [-0.1, -0.05) is 12.1 Å². The average molecular weight is 317 g/mol. The first-order chi connectivity index (χ1) is 10.3. The van der Waals surface area contributed by atoms with E-state index in [0.717, 1.165) is 17.9 Å². The molecule has 0 aliphatic carbocycles. The van der Waals surface area contributed by atoms with Gasteiger partial charge in [-0.15, -0.1) is 23.1 Å². The zero-order chi connectivity index (χ0) is 14.7. The first kappa shape index (κ1) is 14.3. The molecule has 0 unspecified atom stereocenters. The van der Waals surface area contributed by atoms with Gasteiger partial charge in [0, 0.05) is 11.4 Å². The zero-order valence-corrected chi connectivity index (χ0v) is 13.2. The molecule has 0 aliphatic heterocycles. The molecule has 0 radical (unpaired) electrons. The quantitative estimate of drug-likeness (QED) is 0.710. The highest BCUT2D eigenvalue weighted by atomic mass is 32.2. The summed E-state index contributed by atoms with van der Waals surface area (Å²) in [6.07, 6.45) is 0. The number of nitrogens with zero attached hydrogens (tertiary/aromatic N) is 1. The van der Waals surface area contributed by atoms with Crippen molar-refractivity contribution in [2.45, 2.75) is 17.2 Å². The first-order valence-electron chi connectivity index (χ1n) is 6.59. The highest BCUT2D eigenvalue weighted by molar-refractivity contribution is 7.98. The fourth-order valence-electron chi connectivity index (χ4n) is 2.09. The maximum Gasteiger partial charge on any atom is 0.268 e. The standard InChI is InChI=1S/C15H15N3OS2/c1-16-8-10-3-2-4-11(7-10)21-9-13-17-12-5-6-20-14(12)15(19)18-13/h2-7,16H,8-9H2,1H3,(H,17,18,19). The Balaban J connectivity index is 1.76. The van der Waals surface area contributed by atoms with Crippen molar-refractivity contribution >= 4 is 33.3 Å². The van der Waals surface area contributed by atoms with E-state index in [-0.39, 0.29) is 5.56 Å². The van der Waals surface area contributed by atoms with Crippen LogP contribution in [0.4, 0.5) is 0 Å². The van der Waals surface area contributed by atoms with Crippen LogP contribution in [-0.2, 0) is 12.3 Å². The minimum atomic E-state index is -0.0467. The van der Waals surface area contributed by atoms with Gasteiger partial charge in [-0.2, -0.15) is 0 Å². The Morgan fingerprint density at radius 1 is 1.38 bits per heavy atom. The molecule has 0 aliphatic rings. The molecule has 2 heterocycles. The minimum absolute atomic E-state index is 0.0467. The average Bonchev–Trinajstić information content (AvgIpc) is 2.95. The summed E-state index contributed by atoms with van der Waals surface area (Å²) in [4.78, 5) is 20.4. The van der Waals surface area contributed by atoms with Gasteiger partial charge >= 0.3 is 0 Å². The van der Waals surface area contributed by atoms with Crippen molar-refractivity contribution in [1.29, 1.82) is 0 Å². The second-order valence-corrected chi connectivity index (χ2v) is 6.58. The van der Waals surface area contributed by atoms with Crippen LogP contribution in [0.25, 0.3) is 10.2 Å². The van der Waals surface area contributed by atoms with E-state index in [4.69, 9.17) is 0 Å².